The molecule has 0 aromatic heterocycles. The first-order valence-corrected chi connectivity index (χ1v) is 6.45. The van der Waals surface area contributed by atoms with E-state index in [9.17, 15) is 4.79 Å². The second-order valence-electron chi connectivity index (χ2n) is 3.61. The average molecular weight is 246 g/mol. The van der Waals surface area contributed by atoms with Gasteiger partial charge in [-0.05, 0) is 6.42 Å². The monoisotopic (exact) mass is 246 g/mol. The van der Waals surface area contributed by atoms with Crippen molar-refractivity contribution in [3.63, 3.8) is 0 Å². The normalized spacial score (nSPS) is 27.5. The van der Waals surface area contributed by atoms with Crippen LogP contribution in [0.15, 0.2) is 0 Å². The lowest BCUT2D eigenvalue weighted by molar-refractivity contribution is -0.124. The molecule has 84 valence electrons. The van der Waals surface area contributed by atoms with E-state index in [-0.39, 0.29) is 5.91 Å². The Balaban J connectivity index is 1.76. The Morgan fingerprint density at radius 2 is 2.53 bits per heavy atom. The SMILES string of the molecule is O=C1CSC(=S)N1CCC1COCCN1. The summed E-state index contributed by atoms with van der Waals surface area (Å²) in [5, 5.41) is 3.36. The highest BCUT2D eigenvalue weighted by atomic mass is 32.2. The lowest BCUT2D eigenvalue weighted by atomic mass is 10.2. The molecule has 0 aromatic carbocycles. The van der Waals surface area contributed by atoms with Gasteiger partial charge in [0.05, 0.1) is 19.0 Å². The van der Waals surface area contributed by atoms with E-state index in [4.69, 9.17) is 17.0 Å². The molecule has 15 heavy (non-hydrogen) atoms. The number of rotatable bonds is 3. The minimum Gasteiger partial charge on any atom is -0.379 e. The molecule has 2 aliphatic heterocycles. The third kappa shape index (κ3) is 2.90. The summed E-state index contributed by atoms with van der Waals surface area (Å²) in [6.07, 6.45) is 0.909. The minimum atomic E-state index is 0.140. The van der Waals surface area contributed by atoms with Crippen molar-refractivity contribution in [2.45, 2.75) is 12.5 Å². The topological polar surface area (TPSA) is 41.6 Å². The van der Waals surface area contributed by atoms with Gasteiger partial charge in [0.15, 0.2) is 0 Å². The van der Waals surface area contributed by atoms with Crippen molar-refractivity contribution in [2.75, 3.05) is 32.1 Å². The Bertz CT molecular complexity index is 251. The maximum atomic E-state index is 11.4. The number of morpholine rings is 1. The number of nitrogens with zero attached hydrogens (tertiary/aromatic N) is 1. The van der Waals surface area contributed by atoms with Gasteiger partial charge in [-0.25, -0.2) is 0 Å². The second kappa shape index (κ2) is 5.25. The van der Waals surface area contributed by atoms with E-state index >= 15 is 0 Å². The highest BCUT2D eigenvalue weighted by molar-refractivity contribution is 8.23. The van der Waals surface area contributed by atoms with Crippen LogP contribution in [0.5, 0.6) is 0 Å². The van der Waals surface area contributed by atoms with E-state index in [0.717, 1.165) is 30.5 Å². The van der Waals surface area contributed by atoms with E-state index < -0.39 is 0 Å². The quantitative estimate of drug-likeness (QED) is 0.722. The third-order valence-corrected chi connectivity index (χ3v) is 3.97. The highest BCUT2D eigenvalue weighted by Gasteiger charge is 2.27. The lowest BCUT2D eigenvalue weighted by Crippen LogP contribution is -2.43. The number of amides is 1. The molecule has 1 N–H and O–H groups in total. The predicted octanol–water partition coefficient (Wildman–Crippen LogP) is 0.225. The molecule has 0 saturated carbocycles. The van der Waals surface area contributed by atoms with Gasteiger partial charge in [-0.3, -0.25) is 9.69 Å². The van der Waals surface area contributed by atoms with Gasteiger partial charge in [-0.1, -0.05) is 24.0 Å². The Hall–Kier alpha value is -0.170. The van der Waals surface area contributed by atoms with Gasteiger partial charge in [0.2, 0.25) is 5.91 Å². The van der Waals surface area contributed by atoms with Crippen molar-refractivity contribution in [3.05, 3.63) is 0 Å². The van der Waals surface area contributed by atoms with Crippen LogP contribution in [0.25, 0.3) is 0 Å². The van der Waals surface area contributed by atoms with Crippen molar-refractivity contribution in [3.8, 4) is 0 Å². The van der Waals surface area contributed by atoms with E-state index in [0.29, 0.717) is 18.3 Å². The first-order chi connectivity index (χ1) is 7.27. The zero-order valence-electron chi connectivity index (χ0n) is 8.40. The van der Waals surface area contributed by atoms with Gasteiger partial charge in [0, 0.05) is 19.1 Å². The lowest BCUT2D eigenvalue weighted by Gasteiger charge is -2.25. The number of nitrogens with one attached hydrogen (secondary N) is 1. The fourth-order valence-electron chi connectivity index (χ4n) is 1.69. The van der Waals surface area contributed by atoms with Crippen LogP contribution in [0, 0.1) is 0 Å². The maximum Gasteiger partial charge on any atom is 0.238 e. The van der Waals surface area contributed by atoms with Crippen LogP contribution in [-0.2, 0) is 9.53 Å². The minimum absolute atomic E-state index is 0.140. The number of hydrogen-bond donors (Lipinski definition) is 1. The molecule has 0 spiro atoms. The summed E-state index contributed by atoms with van der Waals surface area (Å²) in [6.45, 7) is 3.14. The molecule has 2 saturated heterocycles. The summed E-state index contributed by atoms with van der Waals surface area (Å²) < 4.78 is 6.07. The smallest absolute Gasteiger partial charge is 0.238 e. The van der Waals surface area contributed by atoms with Crippen LogP contribution >= 0.6 is 24.0 Å². The molecule has 0 aliphatic carbocycles. The Labute approximate surface area is 98.7 Å². The summed E-state index contributed by atoms with van der Waals surface area (Å²) in [5.74, 6) is 0.648. The molecule has 4 nitrogen and oxygen atoms in total. The van der Waals surface area contributed by atoms with Crippen LogP contribution < -0.4 is 5.32 Å². The number of thioether (sulfide) groups is 1. The maximum absolute atomic E-state index is 11.4. The van der Waals surface area contributed by atoms with Gasteiger partial charge >= 0.3 is 0 Å². The number of ether oxygens (including phenoxy) is 1. The molecule has 1 atom stereocenters. The van der Waals surface area contributed by atoms with E-state index in [1.54, 1.807) is 4.90 Å². The van der Waals surface area contributed by atoms with Crippen LogP contribution in [0.3, 0.4) is 0 Å². The summed E-state index contributed by atoms with van der Waals surface area (Å²) in [7, 11) is 0. The molecule has 1 amide bonds. The van der Waals surface area contributed by atoms with Crippen LogP contribution in [0.2, 0.25) is 0 Å². The molecule has 2 fully saturated rings. The molecule has 1 unspecified atom stereocenters. The van der Waals surface area contributed by atoms with Crippen LogP contribution in [0.1, 0.15) is 6.42 Å². The zero-order valence-corrected chi connectivity index (χ0v) is 10.0. The second-order valence-corrected chi connectivity index (χ2v) is 5.22. The number of hydrogen-bond acceptors (Lipinski definition) is 5. The standard InChI is InChI=1S/C9H14N2O2S2/c12-8-6-15-9(14)11(8)3-1-7-5-13-4-2-10-7/h7,10H,1-6H2. The van der Waals surface area contributed by atoms with Gasteiger partial charge in [-0.2, -0.15) is 0 Å². The summed E-state index contributed by atoms with van der Waals surface area (Å²) in [4.78, 5) is 13.1. The molecule has 0 radical (unpaired) electrons. The number of thiocarbonyl (C=S) groups is 1. The number of carbonyl (C=O) groups excluding carboxylic acids is 1. The predicted molar refractivity (Wildman–Crippen MR) is 64.0 cm³/mol. The van der Waals surface area contributed by atoms with E-state index in [1.807, 2.05) is 0 Å². The molecule has 2 heterocycles. The number of carbonyl (C=O) groups is 1. The van der Waals surface area contributed by atoms with Gasteiger partial charge in [0.25, 0.3) is 0 Å². The van der Waals surface area contributed by atoms with Crippen molar-refractivity contribution < 1.29 is 9.53 Å². The van der Waals surface area contributed by atoms with E-state index in [1.165, 1.54) is 11.8 Å². The third-order valence-electron chi connectivity index (χ3n) is 2.54. The molecule has 2 rings (SSSR count). The first kappa shape index (κ1) is 11.3. The Kier molecular flexibility index (Phi) is 3.96. The van der Waals surface area contributed by atoms with Gasteiger partial charge < -0.3 is 10.1 Å². The molecule has 0 bridgehead atoms. The molecule has 0 aromatic rings. The van der Waals surface area contributed by atoms with Crippen molar-refractivity contribution in [1.82, 2.24) is 10.2 Å². The van der Waals surface area contributed by atoms with Crippen LogP contribution in [0.4, 0.5) is 0 Å². The zero-order chi connectivity index (χ0) is 10.7. The van der Waals surface area contributed by atoms with Crippen molar-refractivity contribution in [1.29, 1.82) is 0 Å². The van der Waals surface area contributed by atoms with Crippen molar-refractivity contribution >= 4 is 34.2 Å². The average Bonchev–Trinajstić information content (AvgIpc) is 2.58. The Morgan fingerprint density at radius 1 is 1.67 bits per heavy atom. The highest BCUT2D eigenvalue weighted by Crippen LogP contribution is 2.19. The largest absolute Gasteiger partial charge is 0.379 e. The van der Waals surface area contributed by atoms with Crippen LogP contribution in [-0.4, -0.2) is 53.2 Å². The molecule has 6 heteroatoms. The van der Waals surface area contributed by atoms with Crippen molar-refractivity contribution in [2.24, 2.45) is 0 Å². The Morgan fingerprint density at radius 3 is 3.13 bits per heavy atom. The first-order valence-electron chi connectivity index (χ1n) is 5.05. The molecule has 2 aliphatic rings. The summed E-state index contributed by atoms with van der Waals surface area (Å²) >= 11 is 6.56. The fraction of sp³-hybridized carbons (Fsp3) is 0.778. The van der Waals surface area contributed by atoms with E-state index in [2.05, 4.69) is 5.32 Å². The summed E-state index contributed by atoms with van der Waals surface area (Å²) in [6, 6.07) is 0.361. The fourth-order valence-corrected chi connectivity index (χ4v) is 2.81. The van der Waals surface area contributed by atoms with Gasteiger partial charge in [-0.15, -0.1) is 0 Å². The van der Waals surface area contributed by atoms with Gasteiger partial charge in [0.1, 0.15) is 4.32 Å². The molecular formula is C9H14N2O2S2. The molecular weight excluding hydrogens is 232 g/mol. The summed E-state index contributed by atoms with van der Waals surface area (Å²) in [5.41, 5.74) is 0.